The minimum absolute atomic E-state index is 0. The SMILES string of the molecule is Cc1ccc(-n2ncc(C(=O)NC3CCNCC3C)c2C2CC2)cc1Cl.Cl. The standard InChI is InChI=1S/C20H25ClN4O.ClH/c1-12-3-6-15(9-17(12)21)25-19(14-4-5-14)16(11-23-25)20(26)24-18-7-8-22-10-13(18)2;/h3,6,9,11,13-14,18,22H,4-5,7-8,10H2,1-2H3,(H,24,26);1H. The van der Waals surface area contributed by atoms with Gasteiger partial charge in [0, 0.05) is 17.0 Å². The maximum atomic E-state index is 13.0. The first-order valence-electron chi connectivity index (χ1n) is 9.40. The molecule has 27 heavy (non-hydrogen) atoms. The van der Waals surface area contributed by atoms with E-state index in [0.717, 1.165) is 49.3 Å². The molecule has 1 aromatic carbocycles. The third-order valence-electron chi connectivity index (χ3n) is 5.52. The van der Waals surface area contributed by atoms with Crippen LogP contribution in [-0.4, -0.2) is 34.8 Å². The highest BCUT2D eigenvalue weighted by Gasteiger charge is 2.34. The number of nitrogens with one attached hydrogen (secondary N) is 2. The van der Waals surface area contributed by atoms with Crippen LogP contribution in [0.2, 0.25) is 5.02 Å². The number of hydrogen-bond acceptors (Lipinski definition) is 3. The van der Waals surface area contributed by atoms with Crippen LogP contribution in [0.1, 0.15) is 53.7 Å². The topological polar surface area (TPSA) is 59.0 Å². The number of halogens is 2. The second kappa shape index (κ2) is 8.21. The molecule has 2 atom stereocenters. The fourth-order valence-corrected chi connectivity index (χ4v) is 3.85. The Hall–Kier alpha value is -1.56. The van der Waals surface area contributed by atoms with E-state index in [1.54, 1.807) is 6.20 Å². The van der Waals surface area contributed by atoms with Gasteiger partial charge in [-0.25, -0.2) is 4.68 Å². The van der Waals surface area contributed by atoms with Crippen molar-refractivity contribution in [1.82, 2.24) is 20.4 Å². The molecule has 0 bridgehead atoms. The summed E-state index contributed by atoms with van der Waals surface area (Å²) in [4.78, 5) is 13.0. The fourth-order valence-electron chi connectivity index (χ4n) is 3.68. The summed E-state index contributed by atoms with van der Waals surface area (Å²) >= 11 is 6.30. The number of hydrogen-bond donors (Lipinski definition) is 2. The largest absolute Gasteiger partial charge is 0.349 e. The van der Waals surface area contributed by atoms with E-state index in [9.17, 15) is 4.79 Å². The van der Waals surface area contributed by atoms with Crippen LogP contribution in [-0.2, 0) is 0 Å². The zero-order valence-corrected chi connectivity index (χ0v) is 17.2. The van der Waals surface area contributed by atoms with Crippen molar-refractivity contribution in [3.63, 3.8) is 0 Å². The second-order valence-electron chi connectivity index (χ2n) is 7.61. The van der Waals surface area contributed by atoms with Crippen LogP contribution < -0.4 is 10.6 Å². The predicted octanol–water partition coefficient (Wildman–Crippen LogP) is 3.86. The Labute approximate surface area is 171 Å². The fraction of sp³-hybridized carbons (Fsp3) is 0.500. The Morgan fingerprint density at radius 3 is 2.78 bits per heavy atom. The number of rotatable bonds is 4. The molecule has 4 rings (SSSR count). The zero-order valence-electron chi connectivity index (χ0n) is 15.7. The molecule has 2 N–H and O–H groups in total. The molecule has 7 heteroatoms. The van der Waals surface area contributed by atoms with Gasteiger partial charge in [0.25, 0.3) is 5.91 Å². The molecule has 1 saturated carbocycles. The van der Waals surface area contributed by atoms with Gasteiger partial charge in [-0.05, 0) is 62.9 Å². The zero-order chi connectivity index (χ0) is 18.3. The number of aryl methyl sites for hydroxylation is 1. The van der Waals surface area contributed by atoms with E-state index in [1.807, 2.05) is 29.8 Å². The number of carbonyl (C=O) groups is 1. The van der Waals surface area contributed by atoms with Gasteiger partial charge in [-0.15, -0.1) is 12.4 Å². The lowest BCUT2D eigenvalue weighted by atomic mass is 9.95. The quantitative estimate of drug-likeness (QED) is 0.806. The molecule has 2 heterocycles. The van der Waals surface area contributed by atoms with Crippen molar-refractivity contribution in [3.8, 4) is 5.69 Å². The van der Waals surface area contributed by atoms with Gasteiger partial charge in [-0.2, -0.15) is 5.10 Å². The number of nitrogens with zero attached hydrogens (tertiary/aromatic N) is 2. The summed E-state index contributed by atoms with van der Waals surface area (Å²) in [6.45, 7) is 6.06. The summed E-state index contributed by atoms with van der Waals surface area (Å²) in [5, 5.41) is 11.9. The van der Waals surface area contributed by atoms with E-state index < -0.39 is 0 Å². The van der Waals surface area contributed by atoms with E-state index in [4.69, 9.17) is 11.6 Å². The summed E-state index contributed by atoms with van der Waals surface area (Å²) in [5.74, 6) is 0.835. The lowest BCUT2D eigenvalue weighted by Crippen LogP contribution is -2.48. The van der Waals surface area contributed by atoms with Crippen LogP contribution in [0.25, 0.3) is 5.69 Å². The maximum absolute atomic E-state index is 13.0. The van der Waals surface area contributed by atoms with Crippen LogP contribution in [0.3, 0.4) is 0 Å². The summed E-state index contributed by atoms with van der Waals surface area (Å²) in [6, 6.07) is 6.14. The Kier molecular flexibility index (Phi) is 6.14. The van der Waals surface area contributed by atoms with Gasteiger partial charge in [-0.1, -0.05) is 24.6 Å². The molecular weight excluding hydrogens is 383 g/mol. The normalized spacial score (nSPS) is 22.2. The molecule has 0 radical (unpaired) electrons. The van der Waals surface area contributed by atoms with E-state index in [2.05, 4.69) is 22.7 Å². The number of aromatic nitrogens is 2. The van der Waals surface area contributed by atoms with E-state index in [-0.39, 0.29) is 24.4 Å². The van der Waals surface area contributed by atoms with Gasteiger partial charge in [0.05, 0.1) is 23.1 Å². The lowest BCUT2D eigenvalue weighted by Gasteiger charge is -2.30. The van der Waals surface area contributed by atoms with Crippen molar-refractivity contribution in [2.45, 2.75) is 45.1 Å². The molecule has 1 amide bonds. The first-order chi connectivity index (χ1) is 12.5. The van der Waals surface area contributed by atoms with Crippen LogP contribution in [0.15, 0.2) is 24.4 Å². The molecule has 1 aliphatic heterocycles. The van der Waals surface area contributed by atoms with E-state index in [0.29, 0.717) is 22.4 Å². The second-order valence-corrected chi connectivity index (χ2v) is 8.02. The number of carbonyl (C=O) groups excluding carboxylic acids is 1. The van der Waals surface area contributed by atoms with Crippen molar-refractivity contribution in [1.29, 1.82) is 0 Å². The van der Waals surface area contributed by atoms with Crippen molar-refractivity contribution < 1.29 is 4.79 Å². The summed E-state index contributed by atoms with van der Waals surface area (Å²) in [6.07, 6.45) is 4.89. The minimum Gasteiger partial charge on any atom is -0.349 e. The van der Waals surface area contributed by atoms with Crippen molar-refractivity contribution >= 4 is 29.9 Å². The Balaban J connectivity index is 0.00000210. The Bertz CT molecular complexity index is 831. The number of amides is 1. The third-order valence-corrected chi connectivity index (χ3v) is 5.92. The van der Waals surface area contributed by atoms with Gasteiger partial charge in [0.1, 0.15) is 0 Å². The predicted molar refractivity (Wildman–Crippen MR) is 110 cm³/mol. The number of benzene rings is 1. The maximum Gasteiger partial charge on any atom is 0.255 e. The third kappa shape index (κ3) is 4.15. The van der Waals surface area contributed by atoms with Crippen LogP contribution in [0.4, 0.5) is 0 Å². The monoisotopic (exact) mass is 408 g/mol. The van der Waals surface area contributed by atoms with Gasteiger partial charge in [0.15, 0.2) is 0 Å². The molecule has 2 aromatic rings. The molecule has 2 aliphatic rings. The Morgan fingerprint density at radius 1 is 1.33 bits per heavy atom. The van der Waals surface area contributed by atoms with Crippen molar-refractivity contribution in [3.05, 3.63) is 46.2 Å². The molecule has 1 saturated heterocycles. The summed E-state index contributed by atoms with van der Waals surface area (Å²) in [7, 11) is 0. The van der Waals surface area contributed by atoms with Crippen LogP contribution in [0.5, 0.6) is 0 Å². The number of piperidine rings is 1. The molecule has 5 nitrogen and oxygen atoms in total. The molecule has 1 aromatic heterocycles. The van der Waals surface area contributed by atoms with E-state index in [1.165, 1.54) is 0 Å². The molecule has 2 unspecified atom stereocenters. The smallest absolute Gasteiger partial charge is 0.255 e. The minimum atomic E-state index is -0.00453. The van der Waals surface area contributed by atoms with Gasteiger partial charge < -0.3 is 10.6 Å². The summed E-state index contributed by atoms with van der Waals surface area (Å²) in [5.41, 5.74) is 3.67. The molecule has 146 valence electrons. The van der Waals surface area contributed by atoms with Gasteiger partial charge in [0.2, 0.25) is 0 Å². The first-order valence-corrected chi connectivity index (χ1v) is 9.78. The highest BCUT2D eigenvalue weighted by molar-refractivity contribution is 6.31. The highest BCUT2D eigenvalue weighted by Crippen LogP contribution is 2.42. The van der Waals surface area contributed by atoms with Crippen molar-refractivity contribution in [2.24, 2.45) is 5.92 Å². The van der Waals surface area contributed by atoms with Gasteiger partial charge in [-0.3, -0.25) is 4.79 Å². The average molecular weight is 409 g/mol. The molecule has 1 aliphatic carbocycles. The molecule has 0 spiro atoms. The Morgan fingerprint density at radius 2 is 2.11 bits per heavy atom. The van der Waals surface area contributed by atoms with E-state index >= 15 is 0 Å². The van der Waals surface area contributed by atoms with Gasteiger partial charge >= 0.3 is 0 Å². The molecular formula is C20H26Cl2N4O. The van der Waals surface area contributed by atoms with Crippen molar-refractivity contribution in [2.75, 3.05) is 13.1 Å². The summed E-state index contributed by atoms with van der Waals surface area (Å²) < 4.78 is 1.89. The molecule has 2 fully saturated rings. The average Bonchev–Trinajstić information content (AvgIpc) is 3.37. The highest BCUT2D eigenvalue weighted by atomic mass is 35.5. The van der Waals surface area contributed by atoms with Crippen LogP contribution in [0, 0.1) is 12.8 Å². The first kappa shape index (κ1) is 20.2. The van der Waals surface area contributed by atoms with Crippen LogP contribution >= 0.6 is 24.0 Å². The lowest BCUT2D eigenvalue weighted by molar-refractivity contribution is 0.0913.